The van der Waals surface area contributed by atoms with Crippen LogP contribution in [0.4, 0.5) is 0 Å². The summed E-state index contributed by atoms with van der Waals surface area (Å²) in [4.78, 5) is 19.4. The Hall–Kier alpha value is -1.54. The molecular weight excluding hydrogens is 260 g/mol. The molecule has 0 N–H and O–H groups in total. The van der Waals surface area contributed by atoms with Gasteiger partial charge in [-0.15, -0.1) is 10.2 Å². The van der Waals surface area contributed by atoms with Gasteiger partial charge in [-0.25, -0.2) is 14.8 Å². The van der Waals surface area contributed by atoms with Gasteiger partial charge in [0.25, 0.3) is 0 Å². The molecule has 0 aliphatic heterocycles. The summed E-state index contributed by atoms with van der Waals surface area (Å²) in [7, 11) is 0. The first-order chi connectivity index (χ1) is 8.29. The number of carbonyl (C=O) groups is 1. The van der Waals surface area contributed by atoms with Crippen molar-refractivity contribution in [2.75, 3.05) is 6.61 Å². The highest BCUT2D eigenvalue weighted by Gasteiger charge is 2.14. The molecule has 6 nitrogen and oxygen atoms in total. The molecule has 0 aliphatic carbocycles. The number of hydrogen-bond acceptors (Lipinski definition) is 8. The summed E-state index contributed by atoms with van der Waals surface area (Å²) in [6.45, 7) is 2.06. The van der Waals surface area contributed by atoms with Crippen LogP contribution in [0.5, 0.6) is 0 Å². The third-order valence-corrected chi connectivity index (χ3v) is 3.42. The maximum atomic E-state index is 11.4. The van der Waals surface area contributed by atoms with Crippen molar-refractivity contribution in [1.82, 2.24) is 20.2 Å². The minimum absolute atomic E-state index is 0.241. The van der Waals surface area contributed by atoms with Gasteiger partial charge in [0.2, 0.25) is 5.01 Å². The van der Waals surface area contributed by atoms with Crippen molar-refractivity contribution in [1.29, 1.82) is 0 Å². The van der Waals surface area contributed by atoms with E-state index in [4.69, 9.17) is 4.74 Å². The molecule has 0 bridgehead atoms. The van der Waals surface area contributed by atoms with Crippen LogP contribution in [0.25, 0.3) is 0 Å². The third-order valence-electron chi connectivity index (χ3n) is 1.58. The number of carbonyl (C=O) groups excluding carboxylic acids is 1. The van der Waals surface area contributed by atoms with Crippen LogP contribution in [0.1, 0.15) is 16.7 Å². The van der Waals surface area contributed by atoms with Gasteiger partial charge in [-0.2, -0.15) is 0 Å². The van der Waals surface area contributed by atoms with Gasteiger partial charge in [0, 0.05) is 12.4 Å². The summed E-state index contributed by atoms with van der Waals surface area (Å²) in [6, 6.07) is 1.73. The molecule has 0 spiro atoms. The van der Waals surface area contributed by atoms with E-state index in [1.54, 1.807) is 25.4 Å². The highest BCUT2D eigenvalue weighted by molar-refractivity contribution is 8.00. The number of esters is 1. The highest BCUT2D eigenvalue weighted by atomic mass is 32.2. The van der Waals surface area contributed by atoms with Gasteiger partial charge in [0.15, 0.2) is 9.50 Å². The Morgan fingerprint density at radius 1 is 1.41 bits per heavy atom. The largest absolute Gasteiger partial charge is 0.461 e. The molecule has 0 unspecified atom stereocenters. The van der Waals surface area contributed by atoms with E-state index >= 15 is 0 Å². The molecule has 0 atom stereocenters. The van der Waals surface area contributed by atoms with Crippen LogP contribution < -0.4 is 0 Å². The molecule has 0 saturated carbocycles. The van der Waals surface area contributed by atoms with Crippen LogP contribution in [-0.4, -0.2) is 32.7 Å². The first kappa shape index (κ1) is 11.9. The van der Waals surface area contributed by atoms with Gasteiger partial charge >= 0.3 is 5.97 Å². The number of rotatable bonds is 4. The summed E-state index contributed by atoms with van der Waals surface area (Å²) < 4.78 is 5.43. The van der Waals surface area contributed by atoms with Crippen molar-refractivity contribution in [2.45, 2.75) is 16.4 Å². The summed E-state index contributed by atoms with van der Waals surface area (Å²) in [5.74, 6) is -0.453. The molecule has 2 heterocycles. The van der Waals surface area contributed by atoms with Crippen molar-refractivity contribution in [3.63, 3.8) is 0 Å². The van der Waals surface area contributed by atoms with Crippen molar-refractivity contribution < 1.29 is 9.53 Å². The normalized spacial score (nSPS) is 10.2. The Balaban J connectivity index is 2.06. The maximum absolute atomic E-state index is 11.4. The fourth-order valence-electron chi connectivity index (χ4n) is 0.943. The second kappa shape index (κ2) is 5.69. The van der Waals surface area contributed by atoms with Crippen molar-refractivity contribution in [2.24, 2.45) is 0 Å². The van der Waals surface area contributed by atoms with Gasteiger partial charge in [-0.1, -0.05) is 11.3 Å². The van der Waals surface area contributed by atoms with E-state index in [0.29, 0.717) is 16.1 Å². The quantitative estimate of drug-likeness (QED) is 0.616. The molecule has 17 heavy (non-hydrogen) atoms. The predicted molar refractivity (Wildman–Crippen MR) is 62.0 cm³/mol. The predicted octanol–water partition coefficient (Wildman–Crippen LogP) is 1.66. The average molecular weight is 268 g/mol. The molecule has 2 aromatic heterocycles. The smallest absolute Gasteiger partial charge is 0.369 e. The average Bonchev–Trinajstić information content (AvgIpc) is 2.79. The minimum atomic E-state index is -0.453. The Morgan fingerprint density at radius 2 is 2.18 bits per heavy atom. The molecule has 0 fully saturated rings. The lowest BCUT2D eigenvalue weighted by molar-refractivity contribution is 0.0525. The first-order valence-electron chi connectivity index (χ1n) is 4.75. The second-order valence-corrected chi connectivity index (χ2v) is 4.92. The standard InChI is InChI=1S/C9H8N4O2S2/c1-2-15-7(14)6-12-13-9(16-6)17-8-10-4-3-5-11-8/h3-5H,2H2,1H3. The maximum Gasteiger partial charge on any atom is 0.369 e. The lowest BCUT2D eigenvalue weighted by atomic mass is 10.7. The van der Waals surface area contributed by atoms with Gasteiger partial charge in [0.05, 0.1) is 6.61 Å². The lowest BCUT2D eigenvalue weighted by Gasteiger charge is -1.94. The zero-order chi connectivity index (χ0) is 12.1. The van der Waals surface area contributed by atoms with Crippen LogP contribution in [0.15, 0.2) is 28.0 Å². The molecule has 8 heteroatoms. The number of aromatic nitrogens is 4. The van der Waals surface area contributed by atoms with Crippen LogP contribution in [0.3, 0.4) is 0 Å². The SMILES string of the molecule is CCOC(=O)c1nnc(Sc2ncccn2)s1. The van der Waals surface area contributed by atoms with E-state index in [1.165, 1.54) is 11.8 Å². The van der Waals surface area contributed by atoms with Crippen molar-refractivity contribution >= 4 is 29.1 Å². The Labute approximate surface area is 105 Å². The Morgan fingerprint density at radius 3 is 2.88 bits per heavy atom. The highest BCUT2D eigenvalue weighted by Crippen LogP contribution is 2.27. The van der Waals surface area contributed by atoms with E-state index in [9.17, 15) is 4.79 Å². The first-order valence-corrected chi connectivity index (χ1v) is 6.38. The summed E-state index contributed by atoms with van der Waals surface area (Å²) >= 11 is 2.42. The van der Waals surface area contributed by atoms with Crippen LogP contribution in [0.2, 0.25) is 0 Å². The summed E-state index contributed by atoms with van der Waals surface area (Å²) in [5, 5.41) is 8.42. The molecule has 2 rings (SSSR count). The van der Waals surface area contributed by atoms with E-state index in [1.807, 2.05) is 0 Å². The molecule has 0 aliphatic rings. The fourth-order valence-corrected chi connectivity index (χ4v) is 2.51. The van der Waals surface area contributed by atoms with Crippen molar-refractivity contribution in [3.8, 4) is 0 Å². The third kappa shape index (κ3) is 3.21. The van der Waals surface area contributed by atoms with E-state index < -0.39 is 5.97 Å². The molecule has 2 aromatic rings. The monoisotopic (exact) mass is 268 g/mol. The molecule has 0 saturated heterocycles. The Bertz CT molecular complexity index is 503. The van der Waals surface area contributed by atoms with E-state index in [2.05, 4.69) is 20.2 Å². The van der Waals surface area contributed by atoms with Gasteiger partial charge in [-0.3, -0.25) is 0 Å². The second-order valence-electron chi connectivity index (χ2n) is 2.73. The zero-order valence-corrected chi connectivity index (χ0v) is 10.5. The zero-order valence-electron chi connectivity index (χ0n) is 8.86. The van der Waals surface area contributed by atoms with Crippen molar-refractivity contribution in [3.05, 3.63) is 23.5 Å². The molecule has 0 amide bonds. The summed E-state index contributed by atoms with van der Waals surface area (Å²) in [6.07, 6.45) is 3.28. The summed E-state index contributed by atoms with van der Waals surface area (Å²) in [5.41, 5.74) is 0. The fraction of sp³-hybridized carbons (Fsp3) is 0.222. The number of ether oxygens (including phenoxy) is 1. The molecule has 88 valence electrons. The van der Waals surface area contributed by atoms with Crippen LogP contribution >= 0.6 is 23.1 Å². The Kier molecular flexibility index (Phi) is 3.99. The van der Waals surface area contributed by atoms with Gasteiger partial charge in [0.1, 0.15) is 0 Å². The molecule has 0 aromatic carbocycles. The minimum Gasteiger partial charge on any atom is -0.461 e. The van der Waals surface area contributed by atoms with Crippen LogP contribution in [-0.2, 0) is 4.74 Å². The van der Waals surface area contributed by atoms with E-state index in [-0.39, 0.29) is 5.01 Å². The van der Waals surface area contributed by atoms with Gasteiger partial charge < -0.3 is 4.74 Å². The van der Waals surface area contributed by atoms with Crippen LogP contribution in [0, 0.1) is 0 Å². The topological polar surface area (TPSA) is 77.9 Å². The molecule has 0 radical (unpaired) electrons. The number of hydrogen-bond donors (Lipinski definition) is 0. The van der Waals surface area contributed by atoms with E-state index in [0.717, 1.165) is 11.3 Å². The number of nitrogens with zero attached hydrogens (tertiary/aromatic N) is 4. The lowest BCUT2D eigenvalue weighted by Crippen LogP contribution is -2.03. The molecular formula is C9H8N4O2S2. The van der Waals surface area contributed by atoms with Gasteiger partial charge in [-0.05, 0) is 24.8 Å².